The smallest absolute Gasteiger partial charge is 0.326 e. The first-order valence-corrected chi connectivity index (χ1v) is 21.2. The van der Waals surface area contributed by atoms with E-state index in [-0.39, 0.29) is 72.4 Å². The molecule has 6 aromatic rings. The van der Waals surface area contributed by atoms with Gasteiger partial charge in [0.2, 0.25) is 23.6 Å². The molecular formula is C45H36Cl4N6O10. The third kappa shape index (κ3) is 8.66. The van der Waals surface area contributed by atoms with E-state index in [1.165, 1.54) is 43.4 Å². The first-order chi connectivity index (χ1) is 30.9. The number of amides is 4. The SMILES string of the molecule is CN1C(=O)C(c2cc(Cl)c(O)c(Cl)c2)NC(=O)[C@@H]2NC(=O)C(c3cc(Cl)c(O)c(Cl)c3)NC(=O)[C@H](N)Cc3c[nH]c4c(cccc34)-c3cc2cc(c3O)Oc2ccc(cc2)CC1C(=O)O. The van der Waals surface area contributed by atoms with E-state index in [0.717, 1.165) is 17.0 Å². The number of carboxylic acid groups (broad SMARTS) is 1. The number of aromatic hydroxyl groups is 3. The standard InChI is InChI=1S/C45H36Cl4N6O10/c1-55-32(45(63)64)9-18-5-7-23(8-6-18)65-33-16-19-10-26(38(33)56)25-4-2-3-24-22(17-51-37(24)25)15-31(50)41(59)52-35(20-11-27(46)39(57)28(47)12-20)42(60)53-34(19)43(61)54-36(44(55)62)21-13-29(48)40(58)30(49)14-21/h2-8,10-14,16-17,31-32,34-36,51,56-58H,9,15,50H2,1H3,(H,52,59)(H,53,60)(H,54,61)(H,63,64)/t31-,32?,34-,35?,36?/m1/s1. The van der Waals surface area contributed by atoms with Gasteiger partial charge >= 0.3 is 5.97 Å². The van der Waals surface area contributed by atoms with Crippen molar-refractivity contribution >= 4 is 86.9 Å². The van der Waals surface area contributed by atoms with Gasteiger partial charge in [-0.25, -0.2) is 4.79 Å². The molecule has 0 aliphatic carbocycles. The molecule has 4 heterocycles. The predicted molar refractivity (Wildman–Crippen MR) is 240 cm³/mol. The topological polar surface area (TPSA) is 257 Å². The normalized spacial score (nSPS) is 20.5. The number of hydrogen-bond acceptors (Lipinski definition) is 10. The molecular weight excluding hydrogens is 926 g/mol. The summed E-state index contributed by atoms with van der Waals surface area (Å²) in [5, 5.41) is 50.7. The highest BCUT2D eigenvalue weighted by Crippen LogP contribution is 2.45. The van der Waals surface area contributed by atoms with Crippen molar-refractivity contribution in [2.24, 2.45) is 5.73 Å². The van der Waals surface area contributed by atoms with Crippen molar-refractivity contribution in [3.63, 3.8) is 0 Å². The zero-order valence-electron chi connectivity index (χ0n) is 33.7. The Hall–Kier alpha value is -6.69. The molecule has 10 N–H and O–H groups in total. The number of halogens is 4. The maximum absolute atomic E-state index is 15.2. The Morgan fingerprint density at radius 1 is 0.692 bits per heavy atom. The highest BCUT2D eigenvalue weighted by molar-refractivity contribution is 6.37. The lowest BCUT2D eigenvalue weighted by Gasteiger charge is -2.31. The first kappa shape index (κ1) is 44.9. The van der Waals surface area contributed by atoms with Gasteiger partial charge in [0.1, 0.15) is 29.9 Å². The second-order valence-electron chi connectivity index (χ2n) is 15.5. The van der Waals surface area contributed by atoms with Gasteiger partial charge in [0.25, 0.3) is 0 Å². The molecule has 20 heteroatoms. The minimum Gasteiger partial charge on any atom is -0.505 e. The van der Waals surface area contributed by atoms with Crippen LogP contribution in [-0.4, -0.2) is 79.0 Å². The summed E-state index contributed by atoms with van der Waals surface area (Å²) >= 11 is 25.3. The molecule has 334 valence electrons. The lowest BCUT2D eigenvalue weighted by molar-refractivity contribution is -0.150. The van der Waals surface area contributed by atoms with Crippen LogP contribution in [0.25, 0.3) is 22.0 Å². The van der Waals surface area contributed by atoms with Crippen molar-refractivity contribution in [2.45, 2.75) is 43.1 Å². The molecule has 9 bridgehead atoms. The number of carbonyl (C=O) groups excluding carboxylic acids is 4. The fourth-order valence-electron chi connectivity index (χ4n) is 7.90. The van der Waals surface area contributed by atoms with E-state index in [9.17, 15) is 39.6 Å². The van der Waals surface area contributed by atoms with Crippen LogP contribution in [0.1, 0.15) is 45.9 Å². The number of benzene rings is 5. The zero-order chi connectivity index (χ0) is 46.6. The van der Waals surface area contributed by atoms with Crippen LogP contribution < -0.4 is 26.4 Å². The lowest BCUT2D eigenvalue weighted by atomic mass is 9.94. The van der Waals surface area contributed by atoms with Crippen molar-refractivity contribution in [2.75, 3.05) is 7.05 Å². The molecule has 0 fully saturated rings. The second-order valence-corrected chi connectivity index (χ2v) is 17.1. The highest BCUT2D eigenvalue weighted by Gasteiger charge is 2.38. The second kappa shape index (κ2) is 17.7. The molecule has 3 aliphatic rings. The zero-order valence-corrected chi connectivity index (χ0v) is 36.7. The number of likely N-dealkylation sites (N-methyl/N-ethyl adjacent to an activating group) is 1. The van der Waals surface area contributed by atoms with Crippen molar-refractivity contribution in [3.8, 4) is 39.9 Å². The first-order valence-electron chi connectivity index (χ1n) is 19.6. The number of carboxylic acids is 1. The number of hydrogen-bond donors (Lipinski definition) is 9. The monoisotopic (exact) mass is 960 g/mol. The molecule has 1 aromatic heterocycles. The largest absolute Gasteiger partial charge is 0.505 e. The quantitative estimate of drug-likeness (QED) is 0.0916. The number of aromatic amines is 1. The highest BCUT2D eigenvalue weighted by atomic mass is 35.5. The van der Waals surface area contributed by atoms with E-state index in [0.29, 0.717) is 27.6 Å². The number of para-hydroxylation sites is 1. The molecule has 9 rings (SSSR count). The molecule has 0 saturated carbocycles. The number of H-pyrrole nitrogens is 1. The fourth-order valence-corrected chi connectivity index (χ4v) is 8.91. The third-order valence-corrected chi connectivity index (χ3v) is 12.5. The summed E-state index contributed by atoms with van der Waals surface area (Å²) in [6.45, 7) is 0. The summed E-state index contributed by atoms with van der Waals surface area (Å²) in [5.74, 6) is -6.73. The molecule has 16 nitrogen and oxygen atoms in total. The van der Waals surface area contributed by atoms with Crippen LogP contribution in [0.4, 0.5) is 0 Å². The van der Waals surface area contributed by atoms with Crippen LogP contribution in [0, 0.1) is 0 Å². The summed E-state index contributed by atoms with van der Waals surface area (Å²) in [4.78, 5) is 75.5. The molecule has 4 amide bonds. The van der Waals surface area contributed by atoms with E-state index < -0.39 is 71.3 Å². The van der Waals surface area contributed by atoms with Gasteiger partial charge in [0, 0.05) is 36.2 Å². The van der Waals surface area contributed by atoms with Gasteiger partial charge in [-0.3, -0.25) is 19.2 Å². The maximum atomic E-state index is 15.2. The van der Waals surface area contributed by atoms with Crippen LogP contribution in [-0.2, 0) is 36.8 Å². The van der Waals surface area contributed by atoms with Crippen molar-refractivity contribution in [3.05, 3.63) is 133 Å². The van der Waals surface area contributed by atoms with Crippen LogP contribution in [0.3, 0.4) is 0 Å². The van der Waals surface area contributed by atoms with Gasteiger partial charge in [-0.2, -0.15) is 0 Å². The summed E-state index contributed by atoms with van der Waals surface area (Å²) in [7, 11) is 1.23. The van der Waals surface area contributed by atoms with Crippen LogP contribution >= 0.6 is 46.4 Å². The number of nitrogens with one attached hydrogen (secondary N) is 4. The van der Waals surface area contributed by atoms with Crippen LogP contribution in [0.15, 0.2) is 85.1 Å². The van der Waals surface area contributed by atoms with E-state index in [2.05, 4.69) is 20.9 Å². The minimum atomic E-state index is -1.85. The van der Waals surface area contributed by atoms with E-state index in [1.54, 1.807) is 36.5 Å². The number of carbonyl (C=O) groups is 5. The number of aromatic nitrogens is 1. The van der Waals surface area contributed by atoms with E-state index in [1.807, 2.05) is 0 Å². The number of nitrogens with zero attached hydrogens (tertiary/aromatic N) is 1. The van der Waals surface area contributed by atoms with Gasteiger partial charge in [-0.15, -0.1) is 0 Å². The number of rotatable bonds is 3. The van der Waals surface area contributed by atoms with Gasteiger partial charge in [-0.1, -0.05) is 76.7 Å². The Balaban J connectivity index is 1.40. The van der Waals surface area contributed by atoms with E-state index in [4.69, 9.17) is 56.9 Å². The van der Waals surface area contributed by atoms with Gasteiger partial charge in [0.15, 0.2) is 23.0 Å². The predicted octanol–water partition coefficient (Wildman–Crippen LogP) is 6.58. The Morgan fingerprint density at radius 3 is 1.82 bits per heavy atom. The number of aliphatic carboxylic acids is 1. The number of ether oxygens (including phenoxy) is 1. The molecule has 3 unspecified atom stereocenters. The minimum absolute atomic E-state index is 0.0278. The summed E-state index contributed by atoms with van der Waals surface area (Å²) < 4.78 is 6.28. The van der Waals surface area contributed by atoms with Crippen LogP contribution in [0.5, 0.6) is 28.7 Å². The van der Waals surface area contributed by atoms with Crippen molar-refractivity contribution < 1.29 is 49.1 Å². The lowest BCUT2D eigenvalue weighted by Crippen LogP contribution is -2.52. The summed E-state index contributed by atoms with van der Waals surface area (Å²) in [6.07, 6.45) is 1.42. The maximum Gasteiger partial charge on any atom is 0.326 e. The molecule has 3 aliphatic heterocycles. The third-order valence-electron chi connectivity index (χ3n) is 11.4. The van der Waals surface area contributed by atoms with Crippen molar-refractivity contribution in [1.29, 1.82) is 0 Å². The molecule has 0 radical (unpaired) electrons. The van der Waals surface area contributed by atoms with Crippen molar-refractivity contribution in [1.82, 2.24) is 25.8 Å². The Labute approximate surface area is 388 Å². The number of phenolic OH excluding ortho intramolecular Hbond substituents is 3. The number of fused-ring (bicyclic) bond motifs is 10. The molecule has 65 heavy (non-hydrogen) atoms. The molecule has 5 atom stereocenters. The Kier molecular flexibility index (Phi) is 12.2. The fraction of sp³-hybridized carbons (Fsp3) is 0.178. The average Bonchev–Trinajstić information content (AvgIpc) is 3.68. The molecule has 0 spiro atoms. The van der Waals surface area contributed by atoms with E-state index >= 15 is 4.79 Å². The molecule has 0 saturated heterocycles. The van der Waals surface area contributed by atoms with Gasteiger partial charge in [-0.05, 0) is 82.8 Å². The number of phenols is 3. The summed E-state index contributed by atoms with van der Waals surface area (Å²) in [5.41, 5.74) is 8.46. The van der Waals surface area contributed by atoms with Gasteiger partial charge < -0.3 is 56.7 Å². The summed E-state index contributed by atoms with van der Waals surface area (Å²) in [6, 6.07) is 10.8. The Morgan fingerprint density at radius 2 is 1.23 bits per heavy atom. The molecule has 5 aromatic carbocycles. The number of nitrogens with two attached hydrogens (primary N) is 1. The van der Waals surface area contributed by atoms with Gasteiger partial charge in [0.05, 0.1) is 31.6 Å². The Bertz CT molecular complexity index is 2920. The van der Waals surface area contributed by atoms with Crippen LogP contribution in [0.2, 0.25) is 20.1 Å². The average molecular weight is 963 g/mol.